The number of nitrogens with zero attached hydrogens (tertiary/aromatic N) is 3. The smallest absolute Gasteiger partial charge is 0.234 e. The summed E-state index contributed by atoms with van der Waals surface area (Å²) in [6.07, 6.45) is 0. The molecule has 1 heterocycles. The van der Waals surface area contributed by atoms with Crippen LogP contribution in [0.2, 0.25) is 15.1 Å². The standard InChI is InChI=1S/C18H14Cl3FN4O2S/c1-26-16(8-28-15-5-2-10(19)6-13(15)21)24-25-18(26)29-9-17(27)23-11-3-4-14(22)12(20)7-11/h2-7H,8-9H2,1H3,(H,23,27). The second-order valence-electron chi connectivity index (χ2n) is 5.79. The van der Waals surface area contributed by atoms with E-state index in [0.717, 1.165) is 0 Å². The summed E-state index contributed by atoms with van der Waals surface area (Å²) in [4.78, 5) is 12.1. The first kappa shape index (κ1) is 21.7. The molecule has 6 nitrogen and oxygen atoms in total. The number of amides is 1. The minimum atomic E-state index is -0.548. The van der Waals surface area contributed by atoms with Crippen molar-refractivity contribution in [2.75, 3.05) is 11.1 Å². The molecule has 0 atom stereocenters. The highest BCUT2D eigenvalue weighted by Crippen LogP contribution is 2.28. The van der Waals surface area contributed by atoms with Gasteiger partial charge in [0, 0.05) is 17.8 Å². The molecule has 2 aromatic carbocycles. The quantitative estimate of drug-likeness (QED) is 0.474. The molecule has 0 bridgehead atoms. The fourth-order valence-corrected chi connectivity index (χ4v) is 3.61. The van der Waals surface area contributed by atoms with Crippen LogP contribution in [0.1, 0.15) is 5.82 Å². The fourth-order valence-electron chi connectivity index (χ4n) is 2.23. The maximum Gasteiger partial charge on any atom is 0.234 e. The highest BCUT2D eigenvalue weighted by atomic mass is 35.5. The number of aromatic nitrogens is 3. The second-order valence-corrected chi connectivity index (χ2v) is 7.98. The van der Waals surface area contributed by atoms with Crippen molar-refractivity contribution in [2.45, 2.75) is 11.8 Å². The van der Waals surface area contributed by atoms with E-state index >= 15 is 0 Å². The number of ether oxygens (including phenoxy) is 1. The Bertz CT molecular complexity index is 1050. The van der Waals surface area contributed by atoms with Crippen LogP contribution < -0.4 is 10.1 Å². The van der Waals surface area contributed by atoms with Gasteiger partial charge in [-0.2, -0.15) is 0 Å². The Hall–Kier alpha value is -2.00. The van der Waals surface area contributed by atoms with Crippen molar-refractivity contribution in [1.29, 1.82) is 0 Å². The third-order valence-corrected chi connectivity index (χ3v) is 5.55. The number of rotatable bonds is 7. The van der Waals surface area contributed by atoms with Gasteiger partial charge in [0.05, 0.1) is 15.8 Å². The predicted molar refractivity (Wildman–Crippen MR) is 113 cm³/mol. The van der Waals surface area contributed by atoms with Crippen LogP contribution in [-0.4, -0.2) is 26.4 Å². The van der Waals surface area contributed by atoms with E-state index in [0.29, 0.717) is 32.5 Å². The normalized spacial score (nSPS) is 10.8. The molecular weight excluding hydrogens is 462 g/mol. The van der Waals surface area contributed by atoms with Crippen molar-refractivity contribution in [3.63, 3.8) is 0 Å². The molecule has 1 aromatic heterocycles. The molecule has 1 amide bonds. The molecule has 0 aliphatic rings. The van der Waals surface area contributed by atoms with Gasteiger partial charge in [0.15, 0.2) is 11.0 Å². The Morgan fingerprint density at radius 2 is 1.97 bits per heavy atom. The molecular formula is C18H14Cl3FN4O2S. The summed E-state index contributed by atoms with van der Waals surface area (Å²) in [7, 11) is 1.77. The number of halogens is 4. The molecule has 0 fully saturated rings. The highest BCUT2D eigenvalue weighted by Gasteiger charge is 2.13. The van der Waals surface area contributed by atoms with Crippen LogP contribution in [0.15, 0.2) is 41.6 Å². The zero-order chi connectivity index (χ0) is 21.0. The lowest BCUT2D eigenvalue weighted by molar-refractivity contribution is -0.113. The van der Waals surface area contributed by atoms with E-state index in [1.54, 1.807) is 29.8 Å². The molecule has 0 spiro atoms. The Labute approximate surface area is 185 Å². The van der Waals surface area contributed by atoms with E-state index in [1.165, 1.54) is 30.0 Å². The molecule has 11 heteroatoms. The molecule has 0 aliphatic carbocycles. The summed E-state index contributed by atoms with van der Waals surface area (Å²) in [6, 6.07) is 8.90. The summed E-state index contributed by atoms with van der Waals surface area (Å²) in [5.41, 5.74) is 0.411. The molecule has 0 aliphatic heterocycles. The predicted octanol–water partition coefficient (Wildman–Crippen LogP) is 5.22. The summed E-state index contributed by atoms with van der Waals surface area (Å²) in [5, 5.41) is 12.2. The topological polar surface area (TPSA) is 69.0 Å². The van der Waals surface area contributed by atoms with Gasteiger partial charge in [-0.1, -0.05) is 46.6 Å². The van der Waals surface area contributed by atoms with Gasteiger partial charge in [-0.25, -0.2) is 4.39 Å². The van der Waals surface area contributed by atoms with Crippen LogP contribution >= 0.6 is 46.6 Å². The van der Waals surface area contributed by atoms with Crippen molar-refractivity contribution in [2.24, 2.45) is 7.05 Å². The number of benzene rings is 2. The average molecular weight is 476 g/mol. The maximum atomic E-state index is 13.2. The molecule has 0 saturated heterocycles. The molecule has 0 saturated carbocycles. The van der Waals surface area contributed by atoms with Crippen LogP contribution in [-0.2, 0) is 18.4 Å². The number of carbonyl (C=O) groups excluding carboxylic acids is 1. The Morgan fingerprint density at radius 1 is 1.17 bits per heavy atom. The van der Waals surface area contributed by atoms with Crippen LogP contribution in [0.5, 0.6) is 5.75 Å². The van der Waals surface area contributed by atoms with E-state index in [-0.39, 0.29) is 23.3 Å². The van der Waals surface area contributed by atoms with Gasteiger partial charge in [0.1, 0.15) is 18.2 Å². The number of nitrogens with one attached hydrogen (secondary N) is 1. The van der Waals surface area contributed by atoms with Crippen molar-refractivity contribution in [3.05, 3.63) is 63.1 Å². The van der Waals surface area contributed by atoms with Gasteiger partial charge in [0.2, 0.25) is 5.91 Å². The molecule has 29 heavy (non-hydrogen) atoms. The largest absolute Gasteiger partial charge is 0.484 e. The number of anilines is 1. The van der Waals surface area contributed by atoms with Crippen LogP contribution in [0.3, 0.4) is 0 Å². The van der Waals surface area contributed by atoms with E-state index in [1.807, 2.05) is 0 Å². The first-order chi connectivity index (χ1) is 13.8. The van der Waals surface area contributed by atoms with E-state index in [9.17, 15) is 9.18 Å². The van der Waals surface area contributed by atoms with E-state index in [2.05, 4.69) is 15.5 Å². The maximum absolute atomic E-state index is 13.2. The van der Waals surface area contributed by atoms with Crippen molar-refractivity contribution in [3.8, 4) is 5.75 Å². The van der Waals surface area contributed by atoms with Gasteiger partial charge in [-0.3, -0.25) is 4.79 Å². The summed E-state index contributed by atoms with van der Waals surface area (Å²) >= 11 is 18.8. The minimum Gasteiger partial charge on any atom is -0.484 e. The zero-order valence-electron chi connectivity index (χ0n) is 15.0. The minimum absolute atomic E-state index is 0.0609. The monoisotopic (exact) mass is 474 g/mol. The van der Waals surface area contributed by atoms with Crippen molar-refractivity contribution >= 4 is 58.2 Å². The average Bonchev–Trinajstić information content (AvgIpc) is 3.02. The molecule has 1 N–H and O–H groups in total. The lowest BCUT2D eigenvalue weighted by Gasteiger charge is -2.08. The van der Waals surface area contributed by atoms with E-state index < -0.39 is 5.82 Å². The van der Waals surface area contributed by atoms with Gasteiger partial charge in [-0.05, 0) is 36.4 Å². The molecule has 3 aromatic rings. The summed E-state index contributed by atoms with van der Waals surface area (Å²) in [6.45, 7) is 0.145. The number of carbonyl (C=O) groups is 1. The Morgan fingerprint density at radius 3 is 2.69 bits per heavy atom. The first-order valence-corrected chi connectivity index (χ1v) is 10.3. The lowest BCUT2D eigenvalue weighted by Crippen LogP contribution is -2.14. The third-order valence-electron chi connectivity index (χ3n) is 3.71. The van der Waals surface area contributed by atoms with Gasteiger partial charge in [-0.15, -0.1) is 10.2 Å². The zero-order valence-corrected chi connectivity index (χ0v) is 18.0. The lowest BCUT2D eigenvalue weighted by atomic mass is 10.3. The second kappa shape index (κ2) is 9.67. The van der Waals surface area contributed by atoms with Crippen LogP contribution in [0, 0.1) is 5.82 Å². The highest BCUT2D eigenvalue weighted by molar-refractivity contribution is 7.99. The van der Waals surface area contributed by atoms with Gasteiger partial charge < -0.3 is 14.6 Å². The summed E-state index contributed by atoms with van der Waals surface area (Å²) in [5.74, 6) is 0.291. The van der Waals surface area contributed by atoms with Crippen molar-refractivity contribution in [1.82, 2.24) is 14.8 Å². The Kier molecular flexibility index (Phi) is 7.23. The number of thioether (sulfide) groups is 1. The fraction of sp³-hybridized carbons (Fsp3) is 0.167. The van der Waals surface area contributed by atoms with Crippen molar-refractivity contribution < 1.29 is 13.9 Å². The van der Waals surface area contributed by atoms with Gasteiger partial charge in [0.25, 0.3) is 0 Å². The number of hydrogen-bond acceptors (Lipinski definition) is 5. The van der Waals surface area contributed by atoms with Crippen LogP contribution in [0.4, 0.5) is 10.1 Å². The van der Waals surface area contributed by atoms with Gasteiger partial charge >= 0.3 is 0 Å². The number of hydrogen-bond donors (Lipinski definition) is 1. The molecule has 0 unspecified atom stereocenters. The SMILES string of the molecule is Cn1c(COc2ccc(Cl)cc2Cl)nnc1SCC(=O)Nc1ccc(F)c(Cl)c1. The van der Waals surface area contributed by atoms with E-state index in [4.69, 9.17) is 39.5 Å². The first-order valence-electron chi connectivity index (χ1n) is 8.17. The molecule has 3 rings (SSSR count). The summed E-state index contributed by atoms with van der Waals surface area (Å²) < 4.78 is 20.5. The molecule has 0 radical (unpaired) electrons. The third kappa shape index (κ3) is 5.76. The Balaban J connectivity index is 1.55. The van der Waals surface area contributed by atoms with Crippen LogP contribution in [0.25, 0.3) is 0 Å². The molecule has 152 valence electrons.